The van der Waals surface area contributed by atoms with E-state index in [-0.39, 0.29) is 17.9 Å². The maximum absolute atomic E-state index is 12.9. The fourth-order valence-electron chi connectivity index (χ4n) is 3.49. The number of thiophene rings is 1. The standard InChI is InChI=1S/C20H21N3O3S/c1-26-14-6-4-5-13(11-14)22-17(24)9-10-23-12-21-19-18(20(23)25)15-7-2-3-8-16(15)27-19/h4-6,11-12H,2-3,7-10H2,1H3,(H,22,24). The average Bonchev–Trinajstić information content (AvgIpc) is 3.07. The van der Waals surface area contributed by atoms with Crippen LogP contribution in [-0.2, 0) is 24.2 Å². The van der Waals surface area contributed by atoms with Crippen molar-refractivity contribution in [2.24, 2.45) is 0 Å². The number of hydrogen-bond acceptors (Lipinski definition) is 5. The lowest BCUT2D eigenvalue weighted by Gasteiger charge is -2.10. The van der Waals surface area contributed by atoms with Crippen molar-refractivity contribution in [2.45, 2.75) is 38.6 Å². The fraction of sp³-hybridized carbons (Fsp3) is 0.350. The summed E-state index contributed by atoms with van der Waals surface area (Å²) in [6, 6.07) is 7.20. The molecule has 2 heterocycles. The molecule has 0 saturated heterocycles. The molecule has 0 unspecified atom stereocenters. The van der Waals surface area contributed by atoms with Crippen LogP contribution in [0.25, 0.3) is 10.2 Å². The van der Waals surface area contributed by atoms with Crippen molar-refractivity contribution in [3.05, 3.63) is 51.4 Å². The van der Waals surface area contributed by atoms with Crippen molar-refractivity contribution < 1.29 is 9.53 Å². The van der Waals surface area contributed by atoms with E-state index in [0.29, 0.717) is 18.0 Å². The Labute approximate surface area is 160 Å². The van der Waals surface area contributed by atoms with Crippen LogP contribution in [0.15, 0.2) is 35.4 Å². The summed E-state index contributed by atoms with van der Waals surface area (Å²) in [5.74, 6) is 0.531. The Morgan fingerprint density at radius 1 is 1.33 bits per heavy atom. The van der Waals surface area contributed by atoms with Crippen LogP contribution in [0.4, 0.5) is 5.69 Å². The molecule has 0 atom stereocenters. The molecule has 4 rings (SSSR count). The largest absolute Gasteiger partial charge is 0.497 e. The average molecular weight is 383 g/mol. The van der Waals surface area contributed by atoms with Gasteiger partial charge in [0.05, 0.1) is 18.8 Å². The third-order valence-corrected chi connectivity index (χ3v) is 6.07. The van der Waals surface area contributed by atoms with Crippen molar-refractivity contribution in [2.75, 3.05) is 12.4 Å². The Morgan fingerprint density at radius 3 is 3.04 bits per heavy atom. The van der Waals surface area contributed by atoms with E-state index in [4.69, 9.17) is 4.74 Å². The number of hydrogen-bond donors (Lipinski definition) is 1. The summed E-state index contributed by atoms with van der Waals surface area (Å²) in [5.41, 5.74) is 1.81. The molecule has 0 fully saturated rings. The number of carbonyl (C=O) groups is 1. The minimum Gasteiger partial charge on any atom is -0.497 e. The van der Waals surface area contributed by atoms with Gasteiger partial charge < -0.3 is 10.1 Å². The first-order valence-corrected chi connectivity index (χ1v) is 9.91. The Morgan fingerprint density at radius 2 is 2.19 bits per heavy atom. The minimum atomic E-state index is -0.150. The lowest BCUT2D eigenvalue weighted by molar-refractivity contribution is -0.116. The predicted octanol–water partition coefficient (Wildman–Crippen LogP) is 3.37. The number of rotatable bonds is 5. The number of anilines is 1. The molecule has 140 valence electrons. The fourth-order valence-corrected chi connectivity index (χ4v) is 4.71. The van der Waals surface area contributed by atoms with Gasteiger partial charge in [-0.05, 0) is 43.4 Å². The SMILES string of the molecule is COc1cccc(NC(=O)CCn2cnc3sc4c(c3c2=O)CCCC4)c1. The Balaban J connectivity index is 1.49. The summed E-state index contributed by atoms with van der Waals surface area (Å²) in [6.45, 7) is 0.308. The van der Waals surface area contributed by atoms with E-state index >= 15 is 0 Å². The van der Waals surface area contributed by atoms with Gasteiger partial charge in [-0.25, -0.2) is 4.98 Å². The summed E-state index contributed by atoms with van der Waals surface area (Å²) in [6.07, 6.45) is 6.06. The molecule has 3 aromatic rings. The number of nitrogens with zero attached hydrogens (tertiary/aromatic N) is 2. The van der Waals surface area contributed by atoms with Gasteiger partial charge in [0.1, 0.15) is 10.6 Å². The van der Waals surface area contributed by atoms with Crippen molar-refractivity contribution in [1.82, 2.24) is 9.55 Å². The first kappa shape index (κ1) is 17.7. The highest BCUT2D eigenvalue weighted by molar-refractivity contribution is 7.18. The zero-order chi connectivity index (χ0) is 18.8. The zero-order valence-corrected chi connectivity index (χ0v) is 16.0. The Kier molecular flexibility index (Phi) is 4.94. The second kappa shape index (κ2) is 7.52. The number of aromatic nitrogens is 2. The number of ether oxygens (including phenoxy) is 1. The molecule has 0 aliphatic heterocycles. The quantitative estimate of drug-likeness (QED) is 0.733. The number of fused-ring (bicyclic) bond motifs is 3. The topological polar surface area (TPSA) is 73.2 Å². The minimum absolute atomic E-state index is 0.0337. The molecule has 1 aromatic carbocycles. The number of methoxy groups -OCH3 is 1. The van der Waals surface area contributed by atoms with Crippen LogP contribution in [0.2, 0.25) is 0 Å². The molecule has 27 heavy (non-hydrogen) atoms. The van der Waals surface area contributed by atoms with E-state index in [1.54, 1.807) is 41.5 Å². The van der Waals surface area contributed by atoms with Gasteiger partial charge >= 0.3 is 0 Å². The van der Waals surface area contributed by atoms with E-state index in [1.165, 1.54) is 16.9 Å². The van der Waals surface area contributed by atoms with Gasteiger partial charge in [0.25, 0.3) is 5.56 Å². The Bertz CT molecular complexity index is 1050. The Hall–Kier alpha value is -2.67. The molecule has 1 aliphatic carbocycles. The molecule has 0 bridgehead atoms. The summed E-state index contributed by atoms with van der Waals surface area (Å²) in [4.78, 5) is 31.7. The monoisotopic (exact) mass is 383 g/mol. The van der Waals surface area contributed by atoms with Crippen molar-refractivity contribution in [3.8, 4) is 5.75 Å². The van der Waals surface area contributed by atoms with Gasteiger partial charge in [-0.3, -0.25) is 14.2 Å². The highest BCUT2D eigenvalue weighted by atomic mass is 32.1. The molecular weight excluding hydrogens is 362 g/mol. The molecule has 1 aliphatic rings. The molecule has 1 N–H and O–H groups in total. The zero-order valence-electron chi connectivity index (χ0n) is 15.2. The van der Waals surface area contributed by atoms with Crippen LogP contribution in [0.3, 0.4) is 0 Å². The molecule has 2 aromatic heterocycles. The maximum Gasteiger partial charge on any atom is 0.262 e. The predicted molar refractivity (Wildman–Crippen MR) is 107 cm³/mol. The molecule has 0 saturated carbocycles. The lowest BCUT2D eigenvalue weighted by atomic mass is 9.97. The third-order valence-electron chi connectivity index (χ3n) is 4.88. The van der Waals surface area contributed by atoms with Crippen molar-refractivity contribution in [1.29, 1.82) is 0 Å². The number of benzene rings is 1. The molecule has 6 nitrogen and oxygen atoms in total. The van der Waals surface area contributed by atoms with E-state index < -0.39 is 0 Å². The smallest absolute Gasteiger partial charge is 0.262 e. The van der Waals surface area contributed by atoms with Crippen LogP contribution < -0.4 is 15.6 Å². The van der Waals surface area contributed by atoms with E-state index in [2.05, 4.69) is 10.3 Å². The maximum atomic E-state index is 12.9. The highest BCUT2D eigenvalue weighted by Crippen LogP contribution is 2.33. The summed E-state index contributed by atoms with van der Waals surface area (Å²) < 4.78 is 6.71. The van der Waals surface area contributed by atoms with Gasteiger partial charge in [0.15, 0.2) is 0 Å². The van der Waals surface area contributed by atoms with Gasteiger partial charge in [0.2, 0.25) is 5.91 Å². The van der Waals surface area contributed by atoms with Gasteiger partial charge in [0, 0.05) is 29.6 Å². The number of amides is 1. The molecule has 0 spiro atoms. The van der Waals surface area contributed by atoms with Gasteiger partial charge in [-0.2, -0.15) is 0 Å². The second-order valence-corrected chi connectivity index (χ2v) is 7.75. The van der Waals surface area contributed by atoms with Crippen molar-refractivity contribution >= 4 is 33.1 Å². The highest BCUT2D eigenvalue weighted by Gasteiger charge is 2.20. The van der Waals surface area contributed by atoms with E-state index in [0.717, 1.165) is 29.5 Å². The molecule has 0 radical (unpaired) electrons. The molecule has 7 heteroatoms. The third kappa shape index (κ3) is 3.60. The van der Waals surface area contributed by atoms with Gasteiger partial charge in [-0.15, -0.1) is 11.3 Å². The first-order chi connectivity index (χ1) is 13.2. The first-order valence-electron chi connectivity index (χ1n) is 9.09. The summed E-state index contributed by atoms with van der Waals surface area (Å²) in [7, 11) is 1.58. The van der Waals surface area contributed by atoms with Crippen LogP contribution >= 0.6 is 11.3 Å². The summed E-state index contributed by atoms with van der Waals surface area (Å²) >= 11 is 1.64. The lowest BCUT2D eigenvalue weighted by Crippen LogP contribution is -2.24. The van der Waals surface area contributed by atoms with E-state index in [9.17, 15) is 9.59 Å². The van der Waals surface area contributed by atoms with E-state index in [1.807, 2.05) is 12.1 Å². The number of nitrogens with one attached hydrogen (secondary N) is 1. The number of carbonyl (C=O) groups excluding carboxylic acids is 1. The van der Waals surface area contributed by atoms with Crippen LogP contribution in [0.5, 0.6) is 5.75 Å². The van der Waals surface area contributed by atoms with Crippen LogP contribution in [0, 0.1) is 0 Å². The van der Waals surface area contributed by atoms with Gasteiger partial charge in [-0.1, -0.05) is 6.07 Å². The normalized spacial score (nSPS) is 13.4. The van der Waals surface area contributed by atoms with Crippen LogP contribution in [-0.4, -0.2) is 22.6 Å². The summed E-state index contributed by atoms with van der Waals surface area (Å²) in [5, 5.41) is 3.59. The number of aryl methyl sites for hydroxylation is 3. The molecular formula is C20H21N3O3S. The second-order valence-electron chi connectivity index (χ2n) is 6.66. The molecule has 1 amide bonds. The van der Waals surface area contributed by atoms with Crippen molar-refractivity contribution in [3.63, 3.8) is 0 Å². The van der Waals surface area contributed by atoms with Crippen LogP contribution in [0.1, 0.15) is 29.7 Å².